The van der Waals surface area contributed by atoms with Crippen LogP contribution in [0.5, 0.6) is 0 Å². The Morgan fingerprint density at radius 2 is 2.10 bits per heavy atom. The molecule has 0 amide bonds. The quantitative estimate of drug-likeness (QED) is 0.821. The van der Waals surface area contributed by atoms with Gasteiger partial charge in [-0.25, -0.2) is 4.79 Å². The first-order chi connectivity index (χ1) is 9.65. The fraction of sp³-hybridized carbons (Fsp3) is 0.333. The lowest BCUT2D eigenvalue weighted by molar-refractivity contribution is 0.0568. The molecular weight excluding hydrogens is 256 g/mol. The van der Waals surface area contributed by atoms with Crippen molar-refractivity contribution in [2.75, 3.05) is 0 Å². The topological polar surface area (TPSA) is 64.3 Å². The second kappa shape index (κ2) is 6.75. The fourth-order valence-electron chi connectivity index (χ4n) is 2.02. The van der Waals surface area contributed by atoms with Crippen molar-refractivity contribution in [3.8, 4) is 0 Å². The van der Waals surface area contributed by atoms with Gasteiger partial charge in [-0.15, -0.1) is 0 Å². The minimum absolute atomic E-state index is 0.539. The van der Waals surface area contributed by atoms with Gasteiger partial charge in [-0.05, 0) is 31.4 Å². The molecule has 0 saturated heterocycles. The molecular formula is C15H18N2O3. The Balaban J connectivity index is 1.82. The molecule has 0 aliphatic heterocycles. The largest absolute Gasteiger partial charge is 0.506 e. The summed E-state index contributed by atoms with van der Waals surface area (Å²) in [5, 5.41) is 12.9. The van der Waals surface area contributed by atoms with Crippen LogP contribution in [0.25, 0.3) is 0 Å². The highest BCUT2D eigenvalue weighted by Gasteiger charge is 2.13. The summed E-state index contributed by atoms with van der Waals surface area (Å²) in [5.74, 6) is 0. The number of aromatic nitrogens is 2. The van der Waals surface area contributed by atoms with Crippen molar-refractivity contribution in [1.82, 2.24) is 9.78 Å². The van der Waals surface area contributed by atoms with Crippen molar-refractivity contribution in [2.45, 2.75) is 32.4 Å². The molecule has 0 aliphatic carbocycles. The number of nitrogens with zero attached hydrogens (tertiary/aromatic N) is 2. The molecule has 1 aromatic carbocycles. The number of rotatable bonds is 6. The number of hydrogen-bond acceptors (Lipinski definition) is 3. The maximum absolute atomic E-state index is 10.5. The Morgan fingerprint density at radius 3 is 2.80 bits per heavy atom. The predicted octanol–water partition coefficient (Wildman–Crippen LogP) is 3.27. The minimum atomic E-state index is -1.28. The molecule has 5 heteroatoms. The van der Waals surface area contributed by atoms with Crippen LogP contribution in [-0.2, 0) is 17.7 Å². The standard InChI is InChI=1S/C15H18N2O3/c1-12(20-15(18)19)14-9-11-17(16-14)10-5-8-13-6-3-2-4-7-13/h2-4,6-7,9,11-12H,5,8,10H2,1H3,(H,18,19). The zero-order chi connectivity index (χ0) is 14.4. The predicted molar refractivity (Wildman–Crippen MR) is 74.5 cm³/mol. The van der Waals surface area contributed by atoms with Gasteiger partial charge in [0.1, 0.15) is 11.8 Å². The molecule has 0 bridgehead atoms. The van der Waals surface area contributed by atoms with Gasteiger partial charge in [0.25, 0.3) is 0 Å². The lowest BCUT2D eigenvalue weighted by Crippen LogP contribution is -2.08. The van der Waals surface area contributed by atoms with Crippen LogP contribution in [0.3, 0.4) is 0 Å². The van der Waals surface area contributed by atoms with Gasteiger partial charge in [-0.2, -0.15) is 5.10 Å². The Labute approximate surface area is 117 Å². The summed E-state index contributed by atoms with van der Waals surface area (Å²) < 4.78 is 6.48. The van der Waals surface area contributed by atoms with E-state index >= 15 is 0 Å². The zero-order valence-corrected chi connectivity index (χ0v) is 11.4. The summed E-state index contributed by atoms with van der Waals surface area (Å²) >= 11 is 0. The van der Waals surface area contributed by atoms with E-state index in [1.54, 1.807) is 13.0 Å². The van der Waals surface area contributed by atoms with Crippen LogP contribution in [0, 0.1) is 0 Å². The molecule has 1 atom stereocenters. The number of carboxylic acid groups (broad SMARTS) is 1. The Morgan fingerprint density at radius 1 is 1.35 bits per heavy atom. The number of aryl methyl sites for hydroxylation is 2. The number of ether oxygens (including phenoxy) is 1. The summed E-state index contributed by atoms with van der Waals surface area (Å²) in [4.78, 5) is 10.5. The van der Waals surface area contributed by atoms with Gasteiger partial charge in [0.05, 0.1) is 0 Å². The Bertz CT molecular complexity index is 551. The second-order valence-corrected chi connectivity index (χ2v) is 4.62. The van der Waals surface area contributed by atoms with Crippen molar-refractivity contribution in [1.29, 1.82) is 0 Å². The van der Waals surface area contributed by atoms with E-state index in [-0.39, 0.29) is 0 Å². The first kappa shape index (κ1) is 14.1. The molecule has 1 N–H and O–H groups in total. The summed E-state index contributed by atoms with van der Waals surface area (Å²) in [6.45, 7) is 2.47. The molecule has 1 aromatic heterocycles. The van der Waals surface area contributed by atoms with E-state index < -0.39 is 12.3 Å². The highest BCUT2D eigenvalue weighted by Crippen LogP contribution is 2.14. The minimum Gasteiger partial charge on any atom is -0.450 e. The molecule has 1 unspecified atom stereocenters. The van der Waals surface area contributed by atoms with Gasteiger partial charge in [0.15, 0.2) is 0 Å². The van der Waals surface area contributed by atoms with Crippen LogP contribution in [-0.4, -0.2) is 21.0 Å². The highest BCUT2D eigenvalue weighted by atomic mass is 16.7. The van der Waals surface area contributed by atoms with Crippen molar-refractivity contribution in [3.63, 3.8) is 0 Å². The summed E-state index contributed by atoms with van der Waals surface area (Å²) in [6.07, 6.45) is 2.01. The van der Waals surface area contributed by atoms with Gasteiger partial charge in [-0.3, -0.25) is 4.68 Å². The first-order valence-corrected chi connectivity index (χ1v) is 6.62. The maximum Gasteiger partial charge on any atom is 0.506 e. The number of carbonyl (C=O) groups is 1. The van der Waals surface area contributed by atoms with E-state index in [9.17, 15) is 4.79 Å². The van der Waals surface area contributed by atoms with Crippen LogP contribution in [0.1, 0.15) is 30.7 Å². The molecule has 0 spiro atoms. The Hall–Kier alpha value is -2.30. The normalized spacial score (nSPS) is 12.1. The summed E-state index contributed by atoms with van der Waals surface area (Å²) in [5.41, 5.74) is 1.94. The Kier molecular flexibility index (Phi) is 4.76. The maximum atomic E-state index is 10.5. The molecule has 2 rings (SSSR count). The smallest absolute Gasteiger partial charge is 0.450 e. The third kappa shape index (κ3) is 4.12. The molecule has 2 aromatic rings. The van der Waals surface area contributed by atoms with Crippen molar-refractivity contribution < 1.29 is 14.6 Å². The average molecular weight is 274 g/mol. The van der Waals surface area contributed by atoms with Crippen molar-refractivity contribution >= 4 is 6.16 Å². The van der Waals surface area contributed by atoms with Gasteiger partial charge >= 0.3 is 6.16 Å². The first-order valence-electron chi connectivity index (χ1n) is 6.62. The van der Waals surface area contributed by atoms with E-state index in [0.717, 1.165) is 19.4 Å². The van der Waals surface area contributed by atoms with Crippen LogP contribution in [0.15, 0.2) is 42.6 Å². The monoisotopic (exact) mass is 274 g/mol. The molecule has 106 valence electrons. The molecule has 0 fully saturated rings. The summed E-state index contributed by atoms with van der Waals surface area (Å²) in [7, 11) is 0. The molecule has 1 heterocycles. The zero-order valence-electron chi connectivity index (χ0n) is 11.4. The number of hydrogen-bond donors (Lipinski definition) is 1. The van der Waals surface area contributed by atoms with Gasteiger partial charge in [0.2, 0.25) is 0 Å². The molecule has 20 heavy (non-hydrogen) atoms. The lowest BCUT2D eigenvalue weighted by Gasteiger charge is -2.07. The third-order valence-corrected chi connectivity index (χ3v) is 3.05. The second-order valence-electron chi connectivity index (χ2n) is 4.62. The van der Waals surface area contributed by atoms with Gasteiger partial charge in [-0.1, -0.05) is 30.3 Å². The van der Waals surface area contributed by atoms with E-state index in [0.29, 0.717) is 5.69 Å². The van der Waals surface area contributed by atoms with Crippen LogP contribution in [0.4, 0.5) is 4.79 Å². The highest BCUT2D eigenvalue weighted by molar-refractivity contribution is 5.57. The van der Waals surface area contributed by atoms with E-state index in [1.807, 2.05) is 29.1 Å². The third-order valence-electron chi connectivity index (χ3n) is 3.05. The SMILES string of the molecule is CC(OC(=O)O)c1ccn(CCCc2ccccc2)n1. The van der Waals surface area contributed by atoms with Crippen molar-refractivity contribution in [3.05, 3.63) is 53.9 Å². The molecule has 0 aliphatic rings. The molecule has 0 saturated carbocycles. The molecule has 0 radical (unpaired) electrons. The van der Waals surface area contributed by atoms with Gasteiger partial charge in [0, 0.05) is 12.7 Å². The van der Waals surface area contributed by atoms with E-state index in [4.69, 9.17) is 5.11 Å². The summed E-state index contributed by atoms with van der Waals surface area (Å²) in [6, 6.07) is 12.1. The average Bonchev–Trinajstić information content (AvgIpc) is 2.88. The van der Waals surface area contributed by atoms with E-state index in [2.05, 4.69) is 22.0 Å². The van der Waals surface area contributed by atoms with Crippen LogP contribution in [0.2, 0.25) is 0 Å². The lowest BCUT2D eigenvalue weighted by atomic mass is 10.1. The van der Waals surface area contributed by atoms with Crippen molar-refractivity contribution in [2.24, 2.45) is 0 Å². The van der Waals surface area contributed by atoms with Crippen LogP contribution >= 0.6 is 0 Å². The number of benzene rings is 1. The van der Waals surface area contributed by atoms with Crippen LogP contribution < -0.4 is 0 Å². The van der Waals surface area contributed by atoms with Gasteiger partial charge < -0.3 is 9.84 Å². The van der Waals surface area contributed by atoms with E-state index in [1.165, 1.54) is 5.56 Å². The molecule has 5 nitrogen and oxygen atoms in total. The fourth-order valence-corrected chi connectivity index (χ4v) is 2.02.